The zero-order valence-electron chi connectivity index (χ0n) is 13.5. The highest BCUT2D eigenvalue weighted by molar-refractivity contribution is 5.88. The summed E-state index contributed by atoms with van der Waals surface area (Å²) >= 11 is 0. The largest absolute Gasteiger partial charge is 0.473 e. The van der Waals surface area contributed by atoms with E-state index in [0.717, 1.165) is 0 Å². The molecule has 23 heavy (non-hydrogen) atoms. The Bertz CT molecular complexity index is 468. The van der Waals surface area contributed by atoms with Crippen molar-refractivity contribution in [3.63, 3.8) is 0 Å². The van der Waals surface area contributed by atoms with E-state index in [1.54, 1.807) is 22.1 Å². The number of nitrogens with zero attached hydrogens (tertiary/aromatic N) is 3. The van der Waals surface area contributed by atoms with Gasteiger partial charge in [-0.3, -0.25) is 5.41 Å². The van der Waals surface area contributed by atoms with Crippen molar-refractivity contribution in [3.8, 4) is 0 Å². The van der Waals surface area contributed by atoms with Crippen molar-refractivity contribution in [1.29, 1.82) is 5.41 Å². The molecule has 0 bridgehead atoms. The molecule has 0 amide bonds. The third kappa shape index (κ3) is 7.38. The van der Waals surface area contributed by atoms with Crippen LogP contribution in [0.3, 0.4) is 0 Å². The summed E-state index contributed by atoms with van der Waals surface area (Å²) in [4.78, 5) is 4.06. The maximum atomic E-state index is 12.0. The summed E-state index contributed by atoms with van der Waals surface area (Å²) < 4.78 is 36.3. The Morgan fingerprint density at radius 1 is 1.30 bits per heavy atom. The summed E-state index contributed by atoms with van der Waals surface area (Å²) in [7, 11) is 3.66. The Morgan fingerprint density at radius 3 is 2.70 bits per heavy atom. The van der Waals surface area contributed by atoms with Crippen molar-refractivity contribution in [3.05, 3.63) is 18.2 Å². The van der Waals surface area contributed by atoms with Crippen LogP contribution in [0.5, 0.6) is 0 Å². The molecule has 9 heteroatoms. The molecule has 0 aliphatic carbocycles. The van der Waals surface area contributed by atoms with E-state index in [0.29, 0.717) is 25.5 Å². The van der Waals surface area contributed by atoms with Crippen molar-refractivity contribution < 1.29 is 18.3 Å². The van der Waals surface area contributed by atoms with Crippen LogP contribution < -0.4 is 10.7 Å². The van der Waals surface area contributed by atoms with Crippen LogP contribution in [-0.4, -0.2) is 61.9 Å². The number of rotatable bonds is 11. The molecule has 7 nitrogen and oxygen atoms in total. The Morgan fingerprint density at radius 2 is 2.04 bits per heavy atom. The van der Waals surface area contributed by atoms with Crippen LogP contribution >= 0.6 is 0 Å². The van der Waals surface area contributed by atoms with Gasteiger partial charge in [0.25, 0.3) is 5.90 Å². The lowest BCUT2D eigenvalue weighted by Gasteiger charge is -2.17. The molecule has 132 valence electrons. The molecule has 1 heterocycles. The standard InChI is InChI=1S/C14H25F2N5O2/c1-20(2)21-7-6-19-14(21)13(18)23-10-9-22-8-5-11(17)3-4-12(15)16/h6-7,11-12,18H,3-5,8-10,17H2,1-2H3. The number of nitrogens with one attached hydrogen (secondary N) is 1. The summed E-state index contributed by atoms with van der Waals surface area (Å²) in [5, 5.41) is 9.62. The molecule has 1 atom stereocenters. The maximum Gasteiger partial charge on any atom is 0.252 e. The van der Waals surface area contributed by atoms with E-state index >= 15 is 0 Å². The molecular weight excluding hydrogens is 308 g/mol. The minimum atomic E-state index is -2.31. The van der Waals surface area contributed by atoms with Gasteiger partial charge in [0, 0.05) is 45.6 Å². The van der Waals surface area contributed by atoms with Crippen molar-refractivity contribution in [2.45, 2.75) is 31.7 Å². The Hall–Kier alpha value is -1.74. The zero-order valence-corrected chi connectivity index (χ0v) is 13.5. The minimum absolute atomic E-state index is 0.0408. The topological polar surface area (TPSA) is 89.4 Å². The molecule has 0 fully saturated rings. The van der Waals surface area contributed by atoms with E-state index in [4.69, 9.17) is 20.6 Å². The average Bonchev–Trinajstić information content (AvgIpc) is 2.98. The molecule has 1 rings (SSSR count). The van der Waals surface area contributed by atoms with Crippen LogP contribution in [0.1, 0.15) is 25.1 Å². The molecular formula is C14H25F2N5O2. The molecule has 0 saturated carbocycles. The SMILES string of the molecule is CN(C)n1ccnc1C(=N)OCCOCCC(N)CCC(F)F. The van der Waals surface area contributed by atoms with E-state index in [1.165, 1.54) is 0 Å². The van der Waals surface area contributed by atoms with Gasteiger partial charge in [0.1, 0.15) is 6.61 Å². The molecule has 0 radical (unpaired) electrons. The highest BCUT2D eigenvalue weighted by atomic mass is 19.3. The molecule has 0 saturated heterocycles. The zero-order chi connectivity index (χ0) is 17.2. The Balaban J connectivity index is 2.13. The Labute approximate surface area is 134 Å². The number of halogens is 2. The molecule has 1 aromatic heterocycles. The smallest absolute Gasteiger partial charge is 0.252 e. The number of nitrogens with two attached hydrogens (primary N) is 1. The second kappa shape index (κ2) is 10.1. The first kappa shape index (κ1) is 19.3. The van der Waals surface area contributed by atoms with Gasteiger partial charge in [-0.25, -0.2) is 18.4 Å². The van der Waals surface area contributed by atoms with Crippen LogP contribution in [0.2, 0.25) is 0 Å². The maximum absolute atomic E-state index is 12.0. The van der Waals surface area contributed by atoms with Gasteiger partial charge >= 0.3 is 0 Å². The molecule has 0 aromatic carbocycles. The van der Waals surface area contributed by atoms with Crippen LogP contribution in [-0.2, 0) is 9.47 Å². The fraction of sp³-hybridized carbons (Fsp3) is 0.714. The van der Waals surface area contributed by atoms with Crippen molar-refractivity contribution in [2.75, 3.05) is 38.9 Å². The van der Waals surface area contributed by atoms with Gasteiger partial charge in [0.15, 0.2) is 0 Å². The lowest BCUT2D eigenvalue weighted by Crippen LogP contribution is -2.29. The fourth-order valence-corrected chi connectivity index (χ4v) is 1.87. The first-order valence-electron chi connectivity index (χ1n) is 7.46. The first-order valence-corrected chi connectivity index (χ1v) is 7.46. The molecule has 0 aliphatic heterocycles. The van der Waals surface area contributed by atoms with Crippen LogP contribution in [0.25, 0.3) is 0 Å². The van der Waals surface area contributed by atoms with Crippen molar-refractivity contribution in [2.24, 2.45) is 5.73 Å². The van der Waals surface area contributed by atoms with Gasteiger partial charge in [-0.1, -0.05) is 0 Å². The molecule has 1 aromatic rings. The van der Waals surface area contributed by atoms with Crippen LogP contribution in [0.4, 0.5) is 8.78 Å². The number of hydrogen-bond donors (Lipinski definition) is 2. The second-order valence-corrected chi connectivity index (χ2v) is 5.25. The number of aromatic nitrogens is 2. The van der Waals surface area contributed by atoms with Crippen LogP contribution in [0, 0.1) is 5.41 Å². The van der Waals surface area contributed by atoms with Gasteiger partial charge in [-0.2, -0.15) is 0 Å². The highest BCUT2D eigenvalue weighted by Crippen LogP contribution is 2.07. The van der Waals surface area contributed by atoms with Crippen molar-refractivity contribution >= 4 is 5.90 Å². The van der Waals surface area contributed by atoms with Crippen LogP contribution in [0.15, 0.2) is 12.4 Å². The summed E-state index contributed by atoms with van der Waals surface area (Å²) in [6.07, 6.45) is 1.63. The number of alkyl halides is 2. The van der Waals surface area contributed by atoms with Gasteiger partial charge in [-0.05, 0) is 12.8 Å². The van der Waals surface area contributed by atoms with Gasteiger partial charge < -0.3 is 20.2 Å². The monoisotopic (exact) mass is 333 g/mol. The third-order valence-corrected chi connectivity index (χ3v) is 3.12. The van der Waals surface area contributed by atoms with E-state index in [1.807, 2.05) is 14.1 Å². The first-order chi connectivity index (χ1) is 10.9. The van der Waals surface area contributed by atoms with E-state index in [-0.39, 0.29) is 31.4 Å². The van der Waals surface area contributed by atoms with Gasteiger partial charge in [-0.15, -0.1) is 0 Å². The highest BCUT2D eigenvalue weighted by Gasteiger charge is 2.12. The predicted molar refractivity (Wildman–Crippen MR) is 83.7 cm³/mol. The fourth-order valence-electron chi connectivity index (χ4n) is 1.87. The van der Waals surface area contributed by atoms with E-state index < -0.39 is 6.43 Å². The summed E-state index contributed by atoms with van der Waals surface area (Å²) in [6, 6.07) is -0.282. The minimum Gasteiger partial charge on any atom is -0.473 e. The van der Waals surface area contributed by atoms with E-state index in [2.05, 4.69) is 4.98 Å². The molecule has 0 aliphatic rings. The lowest BCUT2D eigenvalue weighted by atomic mass is 10.1. The van der Waals surface area contributed by atoms with Gasteiger partial charge in [0.05, 0.1) is 6.61 Å². The van der Waals surface area contributed by atoms with Gasteiger partial charge in [0.2, 0.25) is 12.2 Å². The molecule has 3 N–H and O–H groups in total. The quantitative estimate of drug-likeness (QED) is 0.361. The summed E-state index contributed by atoms with van der Waals surface area (Å²) in [5.74, 6) is 0.366. The lowest BCUT2D eigenvalue weighted by molar-refractivity contribution is 0.0877. The average molecular weight is 333 g/mol. The number of ether oxygens (including phenoxy) is 2. The van der Waals surface area contributed by atoms with E-state index in [9.17, 15) is 8.78 Å². The Kier molecular flexibility index (Phi) is 8.49. The summed E-state index contributed by atoms with van der Waals surface area (Å²) in [5.41, 5.74) is 5.70. The summed E-state index contributed by atoms with van der Waals surface area (Å²) in [6.45, 7) is 0.894. The normalized spacial score (nSPS) is 12.4. The number of imidazole rings is 1. The molecule has 0 spiro atoms. The number of hydrogen-bond acceptors (Lipinski definition) is 6. The third-order valence-electron chi connectivity index (χ3n) is 3.12. The van der Waals surface area contributed by atoms with Crippen molar-refractivity contribution in [1.82, 2.24) is 9.66 Å². The second-order valence-electron chi connectivity index (χ2n) is 5.25. The predicted octanol–water partition coefficient (Wildman–Crippen LogP) is 1.20. The molecule has 1 unspecified atom stereocenters.